The summed E-state index contributed by atoms with van der Waals surface area (Å²) in [4.78, 5) is 0. The van der Waals surface area contributed by atoms with Gasteiger partial charge in [-0.15, -0.1) is 0 Å². The van der Waals surface area contributed by atoms with Gasteiger partial charge in [0, 0.05) is 43.8 Å². The molecule has 5 heteroatoms. The molecule has 0 bridgehead atoms. The Labute approximate surface area is 115 Å². The van der Waals surface area contributed by atoms with Crippen molar-refractivity contribution in [3.05, 3.63) is 18.2 Å². The number of nitrogens with two attached hydrogens (primary N) is 1. The van der Waals surface area contributed by atoms with E-state index in [0.717, 1.165) is 31.0 Å². The number of nitrogen functional groups attached to an aromatic ring is 1. The molecule has 5 nitrogen and oxygen atoms in total. The molecule has 0 saturated heterocycles. The van der Waals surface area contributed by atoms with Gasteiger partial charge in [0.05, 0.1) is 19.8 Å². The van der Waals surface area contributed by atoms with Crippen LogP contribution in [0.5, 0.6) is 5.75 Å². The quantitative estimate of drug-likeness (QED) is 0.502. The minimum atomic E-state index is 0.635. The maximum absolute atomic E-state index is 5.82. The van der Waals surface area contributed by atoms with Gasteiger partial charge in [0.2, 0.25) is 0 Å². The number of nitrogens with one attached hydrogen (secondary N) is 1. The Bertz CT molecular complexity index is 359. The largest absolute Gasteiger partial charge is 0.494 e. The Hall–Kier alpha value is -1.46. The predicted octanol–water partition coefficient (Wildman–Crippen LogP) is 2.13. The van der Waals surface area contributed by atoms with Crippen LogP contribution >= 0.6 is 0 Å². The first-order valence-electron chi connectivity index (χ1n) is 6.60. The van der Waals surface area contributed by atoms with Crippen molar-refractivity contribution in [2.75, 3.05) is 51.1 Å². The van der Waals surface area contributed by atoms with Gasteiger partial charge >= 0.3 is 0 Å². The molecular formula is C14H24N2O3. The Morgan fingerprint density at radius 1 is 1.16 bits per heavy atom. The molecule has 0 unspecified atom stereocenters. The highest BCUT2D eigenvalue weighted by Crippen LogP contribution is 2.22. The lowest BCUT2D eigenvalue weighted by atomic mass is 10.2. The molecule has 0 amide bonds. The van der Waals surface area contributed by atoms with Gasteiger partial charge in [0.1, 0.15) is 5.75 Å². The Morgan fingerprint density at radius 2 is 2.00 bits per heavy atom. The summed E-state index contributed by atoms with van der Waals surface area (Å²) < 4.78 is 15.7. The van der Waals surface area contributed by atoms with Crippen molar-refractivity contribution in [2.45, 2.75) is 13.3 Å². The molecule has 0 aliphatic rings. The minimum Gasteiger partial charge on any atom is -0.494 e. The lowest BCUT2D eigenvalue weighted by molar-refractivity contribution is 0.0705. The van der Waals surface area contributed by atoms with Crippen LogP contribution in [0, 0.1) is 0 Å². The van der Waals surface area contributed by atoms with E-state index in [9.17, 15) is 0 Å². The SMILES string of the molecule is CCOc1cc(N)cc(NCCCOCCOC)c1. The van der Waals surface area contributed by atoms with Crippen LogP contribution in [0.3, 0.4) is 0 Å². The third-order valence-corrected chi connectivity index (χ3v) is 2.47. The van der Waals surface area contributed by atoms with Crippen molar-refractivity contribution < 1.29 is 14.2 Å². The first-order chi connectivity index (χ1) is 9.26. The van der Waals surface area contributed by atoms with Gasteiger partial charge in [-0.2, -0.15) is 0 Å². The molecule has 0 saturated carbocycles. The molecule has 1 aromatic carbocycles. The summed E-state index contributed by atoms with van der Waals surface area (Å²) >= 11 is 0. The highest BCUT2D eigenvalue weighted by atomic mass is 16.5. The van der Waals surface area contributed by atoms with Crippen molar-refractivity contribution in [1.82, 2.24) is 0 Å². The lowest BCUT2D eigenvalue weighted by Crippen LogP contribution is -2.08. The molecule has 1 aromatic rings. The second kappa shape index (κ2) is 9.47. The summed E-state index contributed by atoms with van der Waals surface area (Å²) in [6.45, 7) is 5.42. The monoisotopic (exact) mass is 268 g/mol. The number of hydrogen-bond donors (Lipinski definition) is 2. The number of benzene rings is 1. The van der Waals surface area contributed by atoms with E-state index in [1.807, 2.05) is 25.1 Å². The molecule has 0 heterocycles. The summed E-state index contributed by atoms with van der Waals surface area (Å²) in [5.74, 6) is 0.793. The second-order valence-corrected chi connectivity index (χ2v) is 4.11. The smallest absolute Gasteiger partial charge is 0.123 e. The molecule has 0 aliphatic carbocycles. The van der Waals surface area contributed by atoms with E-state index in [1.165, 1.54) is 0 Å². The first kappa shape index (κ1) is 15.6. The molecule has 19 heavy (non-hydrogen) atoms. The zero-order chi connectivity index (χ0) is 13.9. The number of methoxy groups -OCH3 is 1. The summed E-state index contributed by atoms with van der Waals surface area (Å²) in [7, 11) is 1.67. The van der Waals surface area contributed by atoms with Crippen LogP contribution in [0.4, 0.5) is 11.4 Å². The van der Waals surface area contributed by atoms with Crippen molar-refractivity contribution in [3.63, 3.8) is 0 Å². The van der Waals surface area contributed by atoms with Gasteiger partial charge in [-0.3, -0.25) is 0 Å². The predicted molar refractivity (Wildman–Crippen MR) is 77.8 cm³/mol. The van der Waals surface area contributed by atoms with E-state index >= 15 is 0 Å². The van der Waals surface area contributed by atoms with Crippen LogP contribution in [0.1, 0.15) is 13.3 Å². The Balaban J connectivity index is 2.25. The number of ether oxygens (including phenoxy) is 3. The zero-order valence-corrected chi connectivity index (χ0v) is 11.8. The molecule has 0 aromatic heterocycles. The van der Waals surface area contributed by atoms with Crippen LogP contribution in [0.15, 0.2) is 18.2 Å². The maximum Gasteiger partial charge on any atom is 0.123 e. The van der Waals surface area contributed by atoms with E-state index in [4.69, 9.17) is 19.9 Å². The van der Waals surface area contributed by atoms with Crippen LogP contribution in [0.25, 0.3) is 0 Å². The van der Waals surface area contributed by atoms with Gasteiger partial charge in [-0.05, 0) is 19.4 Å². The number of anilines is 2. The van der Waals surface area contributed by atoms with Gasteiger partial charge in [0.25, 0.3) is 0 Å². The van der Waals surface area contributed by atoms with Crippen LogP contribution in [0.2, 0.25) is 0 Å². The summed E-state index contributed by atoms with van der Waals surface area (Å²) in [6, 6.07) is 5.67. The van der Waals surface area contributed by atoms with Crippen LogP contribution in [-0.2, 0) is 9.47 Å². The van der Waals surface area contributed by atoms with Crippen molar-refractivity contribution in [3.8, 4) is 5.75 Å². The highest BCUT2D eigenvalue weighted by molar-refractivity contribution is 5.59. The fraction of sp³-hybridized carbons (Fsp3) is 0.571. The fourth-order valence-electron chi connectivity index (χ4n) is 1.63. The van der Waals surface area contributed by atoms with Crippen LogP contribution < -0.4 is 15.8 Å². The molecule has 0 atom stereocenters. The summed E-state index contributed by atoms with van der Waals surface area (Å²) in [6.07, 6.45) is 0.933. The topological polar surface area (TPSA) is 65.7 Å². The van der Waals surface area contributed by atoms with E-state index in [-0.39, 0.29) is 0 Å². The van der Waals surface area contributed by atoms with Gasteiger partial charge in [-0.25, -0.2) is 0 Å². The maximum atomic E-state index is 5.82. The van der Waals surface area contributed by atoms with E-state index < -0.39 is 0 Å². The van der Waals surface area contributed by atoms with Crippen LogP contribution in [-0.4, -0.2) is 40.1 Å². The standard InChI is InChI=1S/C14H24N2O3/c1-3-19-14-10-12(15)9-13(11-14)16-5-4-6-18-8-7-17-2/h9-11,16H,3-8,15H2,1-2H3. The van der Waals surface area contributed by atoms with Crippen molar-refractivity contribution in [1.29, 1.82) is 0 Å². The van der Waals surface area contributed by atoms with E-state index in [1.54, 1.807) is 7.11 Å². The van der Waals surface area contributed by atoms with Gasteiger partial charge in [0.15, 0.2) is 0 Å². The van der Waals surface area contributed by atoms with Gasteiger partial charge in [-0.1, -0.05) is 0 Å². The summed E-state index contributed by atoms with van der Waals surface area (Å²) in [5, 5.41) is 3.30. The zero-order valence-electron chi connectivity index (χ0n) is 11.8. The summed E-state index contributed by atoms with van der Waals surface area (Å²) in [5.41, 5.74) is 7.49. The third-order valence-electron chi connectivity index (χ3n) is 2.47. The molecule has 3 N–H and O–H groups in total. The number of hydrogen-bond acceptors (Lipinski definition) is 5. The second-order valence-electron chi connectivity index (χ2n) is 4.11. The molecule has 108 valence electrons. The first-order valence-corrected chi connectivity index (χ1v) is 6.60. The Morgan fingerprint density at radius 3 is 2.74 bits per heavy atom. The minimum absolute atomic E-state index is 0.635. The lowest BCUT2D eigenvalue weighted by Gasteiger charge is -2.10. The molecule has 0 spiro atoms. The Kier molecular flexibility index (Phi) is 7.77. The van der Waals surface area contributed by atoms with Gasteiger partial charge < -0.3 is 25.3 Å². The van der Waals surface area contributed by atoms with E-state index in [0.29, 0.717) is 25.5 Å². The van der Waals surface area contributed by atoms with Crippen molar-refractivity contribution >= 4 is 11.4 Å². The molecule has 0 fully saturated rings. The molecular weight excluding hydrogens is 244 g/mol. The average molecular weight is 268 g/mol. The molecule has 0 radical (unpaired) electrons. The van der Waals surface area contributed by atoms with E-state index in [2.05, 4.69) is 5.32 Å². The number of rotatable bonds is 10. The molecule has 1 rings (SSSR count). The van der Waals surface area contributed by atoms with Crippen molar-refractivity contribution in [2.24, 2.45) is 0 Å². The third kappa shape index (κ3) is 6.88. The molecule has 0 aliphatic heterocycles. The average Bonchev–Trinajstić information content (AvgIpc) is 2.37. The normalized spacial score (nSPS) is 10.4. The fourth-order valence-corrected chi connectivity index (χ4v) is 1.63. The highest BCUT2D eigenvalue weighted by Gasteiger charge is 1.99.